The predicted octanol–water partition coefficient (Wildman–Crippen LogP) is 2.64. The summed E-state index contributed by atoms with van der Waals surface area (Å²) in [6.07, 6.45) is 1.44. The molecule has 8 nitrogen and oxygen atoms in total. The Balaban J connectivity index is 1.73. The van der Waals surface area contributed by atoms with Crippen molar-refractivity contribution in [3.63, 3.8) is 0 Å². The number of benzene rings is 1. The van der Waals surface area contributed by atoms with Gasteiger partial charge in [-0.25, -0.2) is 10.4 Å². The van der Waals surface area contributed by atoms with Gasteiger partial charge in [-0.05, 0) is 43.7 Å². The molecule has 3 aromatic rings. The molecule has 2 heterocycles. The van der Waals surface area contributed by atoms with E-state index >= 15 is 0 Å². The van der Waals surface area contributed by atoms with Gasteiger partial charge in [0.15, 0.2) is 11.5 Å². The van der Waals surface area contributed by atoms with E-state index in [1.165, 1.54) is 30.7 Å². The number of aryl methyl sites for hydroxylation is 3. The number of phenols is 1. The lowest BCUT2D eigenvalue weighted by atomic mass is 10.2. The van der Waals surface area contributed by atoms with Crippen LogP contribution in [0.15, 0.2) is 29.4 Å². The first-order valence-corrected chi connectivity index (χ1v) is 8.89. The van der Waals surface area contributed by atoms with Gasteiger partial charge in [-0.15, -0.1) is 11.3 Å². The maximum atomic E-state index is 12.4. The zero-order chi connectivity index (χ0) is 19.6. The molecular weight excluding hydrogens is 366 g/mol. The fourth-order valence-corrected chi connectivity index (χ4v) is 3.53. The molecule has 0 unspecified atom stereocenters. The zero-order valence-corrected chi connectivity index (χ0v) is 16.2. The minimum absolute atomic E-state index is 0.00203. The van der Waals surface area contributed by atoms with Gasteiger partial charge in [0.25, 0.3) is 5.91 Å². The highest BCUT2D eigenvalue weighted by Crippen LogP contribution is 2.28. The number of nitrogens with zero attached hydrogens (tertiary/aromatic N) is 4. The van der Waals surface area contributed by atoms with E-state index in [9.17, 15) is 9.90 Å². The van der Waals surface area contributed by atoms with Crippen LogP contribution in [0.1, 0.15) is 26.6 Å². The second-order valence-electron chi connectivity index (χ2n) is 5.86. The fraction of sp³-hybridized carbons (Fsp3) is 0.222. The summed E-state index contributed by atoms with van der Waals surface area (Å²) in [5, 5.41) is 18.7. The molecule has 0 saturated carbocycles. The first kappa shape index (κ1) is 18.6. The van der Waals surface area contributed by atoms with Crippen LogP contribution in [-0.2, 0) is 7.05 Å². The van der Waals surface area contributed by atoms with Crippen molar-refractivity contribution >= 4 is 23.5 Å². The van der Waals surface area contributed by atoms with Crippen molar-refractivity contribution in [1.29, 1.82) is 0 Å². The van der Waals surface area contributed by atoms with E-state index in [1.54, 1.807) is 23.7 Å². The van der Waals surface area contributed by atoms with Crippen molar-refractivity contribution in [3.05, 3.63) is 46.1 Å². The van der Waals surface area contributed by atoms with Crippen LogP contribution in [0.3, 0.4) is 0 Å². The molecule has 2 aromatic heterocycles. The number of hydrazone groups is 1. The molecule has 0 aliphatic carbocycles. The van der Waals surface area contributed by atoms with Gasteiger partial charge in [-0.2, -0.15) is 10.2 Å². The number of amides is 1. The summed E-state index contributed by atoms with van der Waals surface area (Å²) in [5.74, 6) is 0.0284. The first-order valence-electron chi connectivity index (χ1n) is 8.08. The monoisotopic (exact) mass is 385 g/mol. The lowest BCUT2D eigenvalue weighted by molar-refractivity contribution is 0.0958. The Labute approximate surface area is 160 Å². The number of aromatic hydroxyl groups is 1. The standard InChI is InChI=1S/C18H19N5O3S/c1-10-7-13(23(3)22-10)18-20-11(2)16(27-18)17(25)21-19-9-12-5-6-15(26-4)14(24)8-12/h5-9,24H,1-4H3,(H,21,25)/b19-9+. The third-order valence-corrected chi connectivity index (χ3v) is 4.99. The van der Waals surface area contributed by atoms with Crippen LogP contribution in [-0.4, -0.2) is 39.1 Å². The van der Waals surface area contributed by atoms with Gasteiger partial charge >= 0.3 is 0 Å². The lowest BCUT2D eigenvalue weighted by Crippen LogP contribution is -2.17. The third-order valence-electron chi connectivity index (χ3n) is 3.81. The number of thiazole rings is 1. The second-order valence-corrected chi connectivity index (χ2v) is 6.86. The molecule has 0 saturated heterocycles. The summed E-state index contributed by atoms with van der Waals surface area (Å²) in [6.45, 7) is 3.69. The Kier molecular flexibility index (Phi) is 5.22. The van der Waals surface area contributed by atoms with Crippen LogP contribution in [0.2, 0.25) is 0 Å². The number of carbonyl (C=O) groups excluding carboxylic acids is 1. The van der Waals surface area contributed by atoms with Gasteiger partial charge in [0.05, 0.1) is 30.4 Å². The van der Waals surface area contributed by atoms with Gasteiger partial charge < -0.3 is 9.84 Å². The largest absolute Gasteiger partial charge is 0.504 e. The molecule has 0 radical (unpaired) electrons. The molecule has 27 heavy (non-hydrogen) atoms. The van der Waals surface area contributed by atoms with Crippen LogP contribution in [0.4, 0.5) is 0 Å². The molecule has 9 heteroatoms. The van der Waals surface area contributed by atoms with Crippen molar-refractivity contribution in [1.82, 2.24) is 20.2 Å². The zero-order valence-electron chi connectivity index (χ0n) is 15.3. The van der Waals surface area contributed by atoms with Crippen LogP contribution in [0.25, 0.3) is 10.7 Å². The SMILES string of the molecule is COc1ccc(/C=N/NC(=O)c2sc(-c3cc(C)nn3C)nc2C)cc1O. The Bertz CT molecular complexity index is 1020. The van der Waals surface area contributed by atoms with E-state index in [0.29, 0.717) is 21.9 Å². The van der Waals surface area contributed by atoms with Crippen molar-refractivity contribution in [2.45, 2.75) is 13.8 Å². The smallest absolute Gasteiger partial charge is 0.283 e. The molecular formula is C18H19N5O3S. The summed E-state index contributed by atoms with van der Waals surface area (Å²) in [4.78, 5) is 17.4. The van der Waals surface area contributed by atoms with E-state index < -0.39 is 0 Å². The first-order chi connectivity index (χ1) is 12.9. The van der Waals surface area contributed by atoms with Crippen LogP contribution in [0.5, 0.6) is 11.5 Å². The molecule has 3 rings (SSSR count). The minimum Gasteiger partial charge on any atom is -0.504 e. The number of phenolic OH excluding ortho intramolecular Hbond substituents is 1. The molecule has 0 fully saturated rings. The van der Waals surface area contributed by atoms with Gasteiger partial charge in [-0.3, -0.25) is 9.48 Å². The van der Waals surface area contributed by atoms with Gasteiger partial charge in [0.1, 0.15) is 9.88 Å². The third kappa shape index (κ3) is 3.98. The Morgan fingerprint density at radius 1 is 1.37 bits per heavy atom. The van der Waals surface area contributed by atoms with Gasteiger partial charge in [0.2, 0.25) is 0 Å². The average Bonchev–Trinajstić information content (AvgIpc) is 3.16. The summed E-state index contributed by atoms with van der Waals surface area (Å²) < 4.78 is 6.73. The Morgan fingerprint density at radius 2 is 2.15 bits per heavy atom. The predicted molar refractivity (Wildman–Crippen MR) is 104 cm³/mol. The molecule has 0 aliphatic rings. The number of nitrogens with one attached hydrogen (secondary N) is 1. The van der Waals surface area contributed by atoms with Crippen molar-refractivity contribution in [2.75, 3.05) is 7.11 Å². The van der Waals surface area contributed by atoms with Crippen LogP contribution >= 0.6 is 11.3 Å². The molecule has 1 aromatic carbocycles. The topological polar surface area (TPSA) is 102 Å². The Hall–Kier alpha value is -3.20. The maximum Gasteiger partial charge on any atom is 0.283 e. The molecule has 1 amide bonds. The second kappa shape index (κ2) is 7.58. The van der Waals surface area contributed by atoms with E-state index in [4.69, 9.17) is 4.74 Å². The molecule has 0 bridgehead atoms. The summed E-state index contributed by atoms with van der Waals surface area (Å²) >= 11 is 1.29. The highest BCUT2D eigenvalue weighted by Gasteiger charge is 2.18. The summed E-state index contributed by atoms with van der Waals surface area (Å²) in [7, 11) is 3.31. The minimum atomic E-state index is -0.343. The van der Waals surface area contributed by atoms with Gasteiger partial charge in [0, 0.05) is 7.05 Å². The normalized spacial score (nSPS) is 11.1. The number of ether oxygens (including phenoxy) is 1. The van der Waals surface area contributed by atoms with Crippen LogP contribution in [0, 0.1) is 13.8 Å². The van der Waals surface area contributed by atoms with Crippen molar-refractivity contribution < 1.29 is 14.6 Å². The number of methoxy groups -OCH3 is 1. The van der Waals surface area contributed by atoms with Crippen LogP contribution < -0.4 is 10.2 Å². The van der Waals surface area contributed by atoms with E-state index in [2.05, 4.69) is 20.6 Å². The van der Waals surface area contributed by atoms with E-state index in [-0.39, 0.29) is 11.7 Å². The lowest BCUT2D eigenvalue weighted by Gasteiger charge is -2.03. The van der Waals surface area contributed by atoms with Crippen molar-refractivity contribution in [2.24, 2.45) is 12.1 Å². The summed E-state index contributed by atoms with van der Waals surface area (Å²) in [5.41, 5.74) is 5.49. The number of rotatable bonds is 5. The highest BCUT2D eigenvalue weighted by molar-refractivity contribution is 7.17. The fourth-order valence-electron chi connectivity index (χ4n) is 2.53. The quantitative estimate of drug-likeness (QED) is 0.519. The average molecular weight is 385 g/mol. The maximum absolute atomic E-state index is 12.4. The number of carbonyl (C=O) groups is 1. The van der Waals surface area contributed by atoms with Gasteiger partial charge in [-0.1, -0.05) is 0 Å². The Morgan fingerprint density at radius 3 is 2.78 bits per heavy atom. The summed E-state index contributed by atoms with van der Waals surface area (Å²) in [6, 6.07) is 6.76. The van der Waals surface area contributed by atoms with Crippen molar-refractivity contribution in [3.8, 4) is 22.2 Å². The number of hydrogen-bond donors (Lipinski definition) is 2. The molecule has 0 spiro atoms. The van der Waals surface area contributed by atoms with E-state index in [0.717, 1.165) is 16.4 Å². The number of hydrogen-bond acceptors (Lipinski definition) is 7. The highest BCUT2D eigenvalue weighted by atomic mass is 32.1. The number of aromatic nitrogens is 3. The molecule has 0 aliphatic heterocycles. The molecule has 0 atom stereocenters. The molecule has 140 valence electrons. The van der Waals surface area contributed by atoms with E-state index in [1.807, 2.05) is 20.0 Å². The molecule has 2 N–H and O–H groups in total.